The molecule has 1 aliphatic rings. The summed E-state index contributed by atoms with van der Waals surface area (Å²) in [5.74, 6) is -0.176. The minimum atomic E-state index is -0.257. The summed E-state index contributed by atoms with van der Waals surface area (Å²) >= 11 is 16.5. The largest absolute Gasteiger partial charge is 0.381 e. The fraction of sp³-hybridized carbons (Fsp3) is 0.545. The SMILES string of the molecule is O=C(NC1(CBr)CCOCC1)c1cc(Cl)sc1Cl. The lowest BCUT2D eigenvalue weighted by Crippen LogP contribution is -2.53. The number of amides is 1. The van der Waals surface area contributed by atoms with Crippen molar-refractivity contribution in [3.63, 3.8) is 0 Å². The number of carbonyl (C=O) groups excluding carboxylic acids is 1. The van der Waals surface area contributed by atoms with Crippen LogP contribution in [0.25, 0.3) is 0 Å². The lowest BCUT2D eigenvalue weighted by Gasteiger charge is -2.36. The lowest BCUT2D eigenvalue weighted by molar-refractivity contribution is 0.0442. The molecule has 1 aromatic rings. The number of hydrogen-bond donors (Lipinski definition) is 1. The number of hydrogen-bond acceptors (Lipinski definition) is 3. The molecule has 1 aromatic heterocycles. The van der Waals surface area contributed by atoms with Crippen molar-refractivity contribution in [3.8, 4) is 0 Å². The molecule has 3 nitrogen and oxygen atoms in total. The molecule has 2 rings (SSSR count). The van der Waals surface area contributed by atoms with Crippen molar-refractivity contribution in [1.29, 1.82) is 0 Å². The van der Waals surface area contributed by atoms with Crippen molar-refractivity contribution in [1.82, 2.24) is 5.32 Å². The van der Waals surface area contributed by atoms with Gasteiger partial charge in [0.2, 0.25) is 0 Å². The van der Waals surface area contributed by atoms with Gasteiger partial charge in [0.15, 0.2) is 0 Å². The predicted molar refractivity (Wildman–Crippen MR) is 78.4 cm³/mol. The fourth-order valence-corrected chi connectivity index (χ4v) is 4.02. The highest BCUT2D eigenvalue weighted by molar-refractivity contribution is 9.09. The molecule has 1 N–H and O–H groups in total. The van der Waals surface area contributed by atoms with Crippen molar-refractivity contribution in [2.45, 2.75) is 18.4 Å². The van der Waals surface area contributed by atoms with Gasteiger partial charge in [-0.2, -0.15) is 0 Å². The van der Waals surface area contributed by atoms with Gasteiger partial charge in [-0.1, -0.05) is 39.1 Å². The first-order valence-electron chi connectivity index (χ1n) is 5.47. The molecular formula is C11H12BrCl2NO2S. The van der Waals surface area contributed by atoms with Gasteiger partial charge < -0.3 is 10.1 Å². The Labute approximate surface area is 128 Å². The first kappa shape index (κ1) is 14.6. The second-order valence-corrected chi connectivity index (χ2v) is 7.06. The second kappa shape index (κ2) is 6.09. The van der Waals surface area contributed by atoms with E-state index in [1.165, 1.54) is 11.3 Å². The molecule has 1 saturated heterocycles. The van der Waals surface area contributed by atoms with Gasteiger partial charge >= 0.3 is 0 Å². The number of alkyl halides is 1. The Balaban J connectivity index is 2.12. The Morgan fingerprint density at radius 2 is 2.17 bits per heavy atom. The molecule has 0 unspecified atom stereocenters. The maximum absolute atomic E-state index is 12.2. The number of carbonyl (C=O) groups is 1. The number of nitrogens with one attached hydrogen (secondary N) is 1. The van der Waals surface area contributed by atoms with Crippen LogP contribution in [0, 0.1) is 0 Å². The normalized spacial score (nSPS) is 18.6. The molecule has 0 spiro atoms. The molecule has 18 heavy (non-hydrogen) atoms. The molecule has 1 fully saturated rings. The summed E-state index contributed by atoms with van der Waals surface area (Å²) in [5.41, 5.74) is 0.186. The number of rotatable bonds is 3. The zero-order chi connectivity index (χ0) is 13.2. The van der Waals surface area contributed by atoms with Crippen LogP contribution in [0.4, 0.5) is 0 Å². The van der Waals surface area contributed by atoms with E-state index in [4.69, 9.17) is 27.9 Å². The molecule has 1 aliphatic heterocycles. The molecule has 100 valence electrons. The van der Waals surface area contributed by atoms with E-state index in [-0.39, 0.29) is 11.4 Å². The molecule has 0 radical (unpaired) electrons. The third kappa shape index (κ3) is 3.20. The zero-order valence-corrected chi connectivity index (χ0v) is 13.4. The molecule has 0 bridgehead atoms. The predicted octanol–water partition coefficient (Wildman–Crippen LogP) is 3.73. The van der Waals surface area contributed by atoms with Crippen molar-refractivity contribution in [2.24, 2.45) is 0 Å². The van der Waals surface area contributed by atoms with Gasteiger partial charge in [-0.3, -0.25) is 4.79 Å². The summed E-state index contributed by atoms with van der Waals surface area (Å²) in [6.45, 7) is 1.31. The molecule has 0 aromatic carbocycles. The zero-order valence-electron chi connectivity index (χ0n) is 9.47. The van der Waals surface area contributed by atoms with Crippen LogP contribution in [-0.4, -0.2) is 30.0 Å². The molecule has 1 amide bonds. The summed E-state index contributed by atoms with van der Waals surface area (Å²) in [5, 5.41) is 3.75. The third-order valence-corrected chi connectivity index (χ3v) is 5.55. The van der Waals surface area contributed by atoms with Crippen LogP contribution in [0.5, 0.6) is 0 Å². The number of ether oxygens (including phenoxy) is 1. The molecule has 0 atom stereocenters. The van der Waals surface area contributed by atoms with Crippen molar-refractivity contribution in [3.05, 3.63) is 20.3 Å². The first-order valence-corrected chi connectivity index (χ1v) is 8.17. The van der Waals surface area contributed by atoms with E-state index in [9.17, 15) is 4.79 Å². The van der Waals surface area contributed by atoms with Crippen LogP contribution in [0.3, 0.4) is 0 Å². The third-order valence-electron chi connectivity index (χ3n) is 2.99. The quantitative estimate of drug-likeness (QED) is 0.821. The highest BCUT2D eigenvalue weighted by atomic mass is 79.9. The van der Waals surface area contributed by atoms with E-state index in [0.29, 0.717) is 32.8 Å². The maximum atomic E-state index is 12.2. The minimum Gasteiger partial charge on any atom is -0.381 e. The van der Waals surface area contributed by atoms with Gasteiger partial charge in [-0.15, -0.1) is 11.3 Å². The van der Waals surface area contributed by atoms with Crippen molar-refractivity contribution < 1.29 is 9.53 Å². The number of thiophene rings is 1. The van der Waals surface area contributed by atoms with E-state index < -0.39 is 0 Å². The Kier molecular flexibility index (Phi) is 4.94. The summed E-state index contributed by atoms with van der Waals surface area (Å²) in [6, 6.07) is 1.60. The highest BCUT2D eigenvalue weighted by Gasteiger charge is 2.34. The molecular weight excluding hydrogens is 361 g/mol. The van der Waals surface area contributed by atoms with Crippen LogP contribution in [0.15, 0.2) is 6.07 Å². The fourth-order valence-electron chi connectivity index (χ4n) is 1.86. The van der Waals surface area contributed by atoms with Gasteiger partial charge in [0, 0.05) is 18.5 Å². The average molecular weight is 373 g/mol. The van der Waals surface area contributed by atoms with Gasteiger partial charge in [0.25, 0.3) is 5.91 Å². The smallest absolute Gasteiger partial charge is 0.254 e. The highest BCUT2D eigenvalue weighted by Crippen LogP contribution is 2.32. The van der Waals surface area contributed by atoms with Gasteiger partial charge in [-0.25, -0.2) is 0 Å². The Bertz CT molecular complexity index is 446. The van der Waals surface area contributed by atoms with Crippen molar-refractivity contribution >= 4 is 56.4 Å². The van der Waals surface area contributed by atoms with Gasteiger partial charge in [-0.05, 0) is 18.9 Å². The standard InChI is InChI=1S/C11H12BrCl2NO2S/c12-6-11(1-3-17-4-2-11)15-10(16)7-5-8(13)18-9(7)14/h5H,1-4,6H2,(H,15,16). The van der Waals surface area contributed by atoms with E-state index in [1.807, 2.05) is 0 Å². The Hall–Kier alpha value is 0.190. The number of halogens is 3. The van der Waals surface area contributed by atoms with E-state index in [0.717, 1.165) is 12.8 Å². The van der Waals surface area contributed by atoms with E-state index >= 15 is 0 Å². The summed E-state index contributed by atoms with van der Waals surface area (Å²) in [6.07, 6.45) is 1.58. The van der Waals surface area contributed by atoms with Gasteiger partial charge in [0.05, 0.1) is 15.4 Å². The summed E-state index contributed by atoms with van der Waals surface area (Å²) < 4.78 is 6.27. The monoisotopic (exact) mass is 371 g/mol. The van der Waals surface area contributed by atoms with E-state index in [2.05, 4.69) is 21.2 Å². The van der Waals surface area contributed by atoms with Crippen LogP contribution in [0.1, 0.15) is 23.2 Å². The molecule has 2 heterocycles. The first-order chi connectivity index (χ1) is 8.56. The topological polar surface area (TPSA) is 38.3 Å². The summed E-state index contributed by atoms with van der Waals surface area (Å²) in [4.78, 5) is 12.2. The molecule has 0 aliphatic carbocycles. The van der Waals surface area contributed by atoms with Crippen molar-refractivity contribution in [2.75, 3.05) is 18.5 Å². The van der Waals surface area contributed by atoms with Crippen LogP contribution >= 0.6 is 50.5 Å². The van der Waals surface area contributed by atoms with Gasteiger partial charge in [0.1, 0.15) is 4.34 Å². The molecule has 7 heteroatoms. The lowest BCUT2D eigenvalue weighted by atomic mass is 9.92. The maximum Gasteiger partial charge on any atom is 0.254 e. The molecule has 0 saturated carbocycles. The second-order valence-electron chi connectivity index (χ2n) is 4.22. The minimum absolute atomic E-state index is 0.176. The van der Waals surface area contributed by atoms with Crippen LogP contribution in [0.2, 0.25) is 8.67 Å². The summed E-state index contributed by atoms with van der Waals surface area (Å²) in [7, 11) is 0. The van der Waals surface area contributed by atoms with E-state index in [1.54, 1.807) is 6.07 Å². The van der Waals surface area contributed by atoms with Crippen LogP contribution in [-0.2, 0) is 4.74 Å². The average Bonchev–Trinajstić information content (AvgIpc) is 2.70. The Morgan fingerprint density at radius 3 is 2.67 bits per heavy atom. The Morgan fingerprint density at radius 1 is 1.50 bits per heavy atom. The van der Waals surface area contributed by atoms with Crippen LogP contribution < -0.4 is 5.32 Å².